The predicted molar refractivity (Wildman–Crippen MR) is 56.0 cm³/mol. The molecule has 0 unspecified atom stereocenters. The molecule has 0 atom stereocenters. The molecule has 1 aliphatic rings. The van der Waals surface area contributed by atoms with Crippen molar-refractivity contribution in [2.45, 2.75) is 38.2 Å². The third kappa shape index (κ3) is 3.43. The highest BCUT2D eigenvalue weighted by atomic mass is 32.1. The van der Waals surface area contributed by atoms with Crippen LogP contribution in [0.4, 0.5) is 0 Å². The van der Waals surface area contributed by atoms with Crippen LogP contribution in [0, 0.1) is 0 Å². The van der Waals surface area contributed by atoms with Gasteiger partial charge in [0, 0.05) is 11.3 Å². The molecule has 0 heterocycles. The van der Waals surface area contributed by atoms with Crippen molar-refractivity contribution in [3.63, 3.8) is 0 Å². The van der Waals surface area contributed by atoms with Crippen molar-refractivity contribution in [3.8, 4) is 0 Å². The highest BCUT2D eigenvalue weighted by Gasteiger charge is 2.18. The fourth-order valence-corrected chi connectivity index (χ4v) is 1.61. The van der Waals surface area contributed by atoms with Crippen LogP contribution in [-0.4, -0.2) is 17.8 Å². The first kappa shape index (κ1) is 10.6. The summed E-state index contributed by atoms with van der Waals surface area (Å²) >= 11 is 3.97. The number of hydrogen-bond acceptors (Lipinski definition) is 3. The number of carbonyl (C=O) groups excluding carboxylic acids is 1. The van der Waals surface area contributed by atoms with E-state index in [1.54, 1.807) is 0 Å². The lowest BCUT2D eigenvalue weighted by Crippen LogP contribution is -2.21. The molecule has 0 radical (unpaired) electrons. The molecule has 0 aliphatic heterocycles. The van der Waals surface area contributed by atoms with Gasteiger partial charge in [-0.05, 0) is 25.7 Å². The van der Waals surface area contributed by atoms with Gasteiger partial charge in [-0.3, -0.25) is 0 Å². The van der Waals surface area contributed by atoms with Crippen molar-refractivity contribution in [1.82, 2.24) is 0 Å². The maximum atomic E-state index is 11.3. The van der Waals surface area contributed by atoms with Crippen LogP contribution >= 0.6 is 12.6 Å². The van der Waals surface area contributed by atoms with Gasteiger partial charge in [0.25, 0.3) is 0 Å². The number of hydrogen-bond donors (Lipinski definition) is 1. The standard InChI is InChI=1S/C10H16O2S/c1-8(7-13)10(11)12-9-5-3-2-4-6-9/h9,13H,1-7H2. The molecular formula is C10H16O2S. The fourth-order valence-electron chi connectivity index (χ4n) is 1.48. The molecule has 0 aromatic rings. The number of esters is 1. The molecule has 0 aromatic heterocycles. The second-order valence-electron chi connectivity index (χ2n) is 3.43. The van der Waals surface area contributed by atoms with Crippen LogP contribution in [0.25, 0.3) is 0 Å². The van der Waals surface area contributed by atoms with Gasteiger partial charge in [-0.15, -0.1) is 0 Å². The van der Waals surface area contributed by atoms with E-state index in [1.165, 1.54) is 19.3 Å². The number of ether oxygens (including phenoxy) is 1. The van der Waals surface area contributed by atoms with Crippen LogP contribution in [0.2, 0.25) is 0 Å². The summed E-state index contributed by atoms with van der Waals surface area (Å²) in [5.74, 6) is 0.104. The minimum absolute atomic E-state index is 0.123. The van der Waals surface area contributed by atoms with E-state index in [9.17, 15) is 4.79 Å². The summed E-state index contributed by atoms with van der Waals surface area (Å²) < 4.78 is 5.26. The molecule has 0 spiro atoms. The van der Waals surface area contributed by atoms with Crippen molar-refractivity contribution in [2.24, 2.45) is 0 Å². The van der Waals surface area contributed by atoms with Crippen LogP contribution in [0.5, 0.6) is 0 Å². The predicted octanol–water partition coefficient (Wildman–Crippen LogP) is 2.35. The normalized spacial score (nSPS) is 18.2. The molecule has 2 nitrogen and oxygen atoms in total. The highest BCUT2D eigenvalue weighted by molar-refractivity contribution is 7.80. The van der Waals surface area contributed by atoms with Crippen molar-refractivity contribution < 1.29 is 9.53 Å². The Labute approximate surface area is 84.8 Å². The van der Waals surface area contributed by atoms with Gasteiger partial charge >= 0.3 is 5.97 Å². The zero-order valence-corrected chi connectivity index (χ0v) is 8.69. The Morgan fingerprint density at radius 2 is 2.00 bits per heavy atom. The van der Waals surface area contributed by atoms with Gasteiger partial charge in [-0.2, -0.15) is 12.6 Å². The van der Waals surface area contributed by atoms with E-state index in [0.29, 0.717) is 11.3 Å². The quantitative estimate of drug-likeness (QED) is 0.430. The molecule has 1 rings (SSSR count). The lowest BCUT2D eigenvalue weighted by atomic mass is 9.98. The second kappa shape index (κ2) is 5.32. The molecule has 74 valence electrons. The van der Waals surface area contributed by atoms with Crippen molar-refractivity contribution in [2.75, 3.05) is 5.75 Å². The van der Waals surface area contributed by atoms with E-state index in [-0.39, 0.29) is 12.1 Å². The first-order chi connectivity index (χ1) is 6.24. The lowest BCUT2D eigenvalue weighted by molar-refractivity contribution is -0.145. The van der Waals surface area contributed by atoms with E-state index >= 15 is 0 Å². The fraction of sp³-hybridized carbons (Fsp3) is 0.700. The van der Waals surface area contributed by atoms with Gasteiger partial charge < -0.3 is 4.74 Å². The van der Waals surface area contributed by atoms with Crippen LogP contribution in [-0.2, 0) is 9.53 Å². The smallest absolute Gasteiger partial charge is 0.334 e. The molecule has 1 saturated carbocycles. The van der Waals surface area contributed by atoms with E-state index in [0.717, 1.165) is 12.8 Å². The third-order valence-corrected chi connectivity index (χ3v) is 2.69. The SMILES string of the molecule is C=C(CS)C(=O)OC1CCCCC1. The lowest BCUT2D eigenvalue weighted by Gasteiger charge is -2.21. The monoisotopic (exact) mass is 200 g/mol. The minimum Gasteiger partial charge on any atom is -0.459 e. The molecule has 0 amide bonds. The number of carbonyl (C=O) groups is 1. The van der Waals surface area contributed by atoms with Gasteiger partial charge in [0.05, 0.1) is 0 Å². The first-order valence-corrected chi connectivity index (χ1v) is 5.37. The van der Waals surface area contributed by atoms with E-state index in [2.05, 4.69) is 19.2 Å². The zero-order chi connectivity index (χ0) is 9.68. The van der Waals surface area contributed by atoms with Gasteiger partial charge in [-0.1, -0.05) is 13.0 Å². The van der Waals surface area contributed by atoms with Crippen molar-refractivity contribution in [3.05, 3.63) is 12.2 Å². The summed E-state index contributed by atoms with van der Waals surface area (Å²) in [5.41, 5.74) is 0.453. The van der Waals surface area contributed by atoms with E-state index < -0.39 is 0 Å². The molecule has 0 N–H and O–H groups in total. The highest BCUT2D eigenvalue weighted by Crippen LogP contribution is 2.21. The molecule has 0 bridgehead atoms. The molecule has 1 fully saturated rings. The van der Waals surface area contributed by atoms with Gasteiger partial charge in [-0.25, -0.2) is 4.79 Å². The largest absolute Gasteiger partial charge is 0.459 e. The molecule has 0 aromatic carbocycles. The Bertz CT molecular complexity index is 195. The van der Waals surface area contributed by atoms with Crippen LogP contribution in [0.15, 0.2) is 12.2 Å². The Balaban J connectivity index is 2.30. The Hall–Kier alpha value is -0.440. The molecule has 3 heteroatoms. The Morgan fingerprint density at radius 1 is 1.38 bits per heavy atom. The summed E-state index contributed by atoms with van der Waals surface area (Å²) in [6.07, 6.45) is 5.74. The van der Waals surface area contributed by atoms with Gasteiger partial charge in [0.1, 0.15) is 6.10 Å². The Morgan fingerprint density at radius 3 is 2.54 bits per heavy atom. The third-order valence-electron chi connectivity index (χ3n) is 2.31. The number of thiol groups is 1. The first-order valence-electron chi connectivity index (χ1n) is 4.73. The zero-order valence-electron chi connectivity index (χ0n) is 7.79. The molecular weight excluding hydrogens is 184 g/mol. The van der Waals surface area contributed by atoms with Crippen LogP contribution in [0.3, 0.4) is 0 Å². The minimum atomic E-state index is -0.276. The number of rotatable bonds is 3. The van der Waals surface area contributed by atoms with Crippen LogP contribution in [0.1, 0.15) is 32.1 Å². The van der Waals surface area contributed by atoms with Gasteiger partial charge in [0.2, 0.25) is 0 Å². The maximum Gasteiger partial charge on any atom is 0.334 e. The van der Waals surface area contributed by atoms with E-state index in [1.807, 2.05) is 0 Å². The molecule has 1 aliphatic carbocycles. The summed E-state index contributed by atoms with van der Waals surface area (Å²) in [7, 11) is 0. The summed E-state index contributed by atoms with van der Waals surface area (Å²) in [6, 6.07) is 0. The average Bonchev–Trinajstić information content (AvgIpc) is 2.18. The molecule has 0 saturated heterocycles. The van der Waals surface area contributed by atoms with Crippen molar-refractivity contribution in [1.29, 1.82) is 0 Å². The van der Waals surface area contributed by atoms with Gasteiger partial charge in [0.15, 0.2) is 0 Å². The summed E-state index contributed by atoms with van der Waals surface area (Å²) in [5, 5.41) is 0. The second-order valence-corrected chi connectivity index (χ2v) is 3.74. The Kier molecular flexibility index (Phi) is 4.36. The van der Waals surface area contributed by atoms with E-state index in [4.69, 9.17) is 4.74 Å². The maximum absolute atomic E-state index is 11.3. The summed E-state index contributed by atoms with van der Waals surface area (Å²) in [4.78, 5) is 11.3. The molecule has 13 heavy (non-hydrogen) atoms. The van der Waals surface area contributed by atoms with Crippen molar-refractivity contribution >= 4 is 18.6 Å². The average molecular weight is 200 g/mol. The van der Waals surface area contributed by atoms with Crippen LogP contribution < -0.4 is 0 Å². The summed E-state index contributed by atoms with van der Waals surface area (Å²) in [6.45, 7) is 3.59. The topological polar surface area (TPSA) is 26.3 Å².